The number of rotatable bonds is 6. The molecule has 3 aromatic carbocycles. The first kappa shape index (κ1) is 19.2. The molecule has 0 aliphatic heterocycles. The van der Waals surface area contributed by atoms with Crippen LogP contribution >= 0.6 is 0 Å². The van der Waals surface area contributed by atoms with Gasteiger partial charge in [-0.2, -0.15) is 4.98 Å². The molecule has 4 aromatic rings. The van der Waals surface area contributed by atoms with Crippen LogP contribution in [0.25, 0.3) is 22.8 Å². The number of aromatic nitrogens is 2. The van der Waals surface area contributed by atoms with Gasteiger partial charge in [0.25, 0.3) is 11.8 Å². The lowest BCUT2D eigenvalue weighted by Gasteiger charge is -2.11. The number of nitrogens with one attached hydrogen (secondary N) is 1. The maximum atomic E-state index is 12.8. The summed E-state index contributed by atoms with van der Waals surface area (Å²) in [6.45, 7) is 0. The number of methoxy groups -OCH3 is 2. The van der Waals surface area contributed by atoms with E-state index >= 15 is 0 Å². The zero-order chi connectivity index (χ0) is 20.9. The van der Waals surface area contributed by atoms with Crippen LogP contribution in [0, 0.1) is 0 Å². The number of anilines is 1. The highest BCUT2D eigenvalue weighted by Crippen LogP contribution is 2.30. The molecular weight excluding hydrogens is 382 g/mol. The Morgan fingerprint density at radius 2 is 1.70 bits per heavy atom. The van der Waals surface area contributed by atoms with Gasteiger partial charge >= 0.3 is 0 Å². The molecule has 7 heteroatoms. The fourth-order valence-corrected chi connectivity index (χ4v) is 2.93. The van der Waals surface area contributed by atoms with Crippen molar-refractivity contribution in [3.63, 3.8) is 0 Å². The van der Waals surface area contributed by atoms with Crippen molar-refractivity contribution < 1.29 is 18.8 Å². The monoisotopic (exact) mass is 401 g/mol. The van der Waals surface area contributed by atoms with Crippen molar-refractivity contribution in [2.45, 2.75) is 0 Å². The van der Waals surface area contributed by atoms with Crippen molar-refractivity contribution >= 4 is 11.6 Å². The lowest BCUT2D eigenvalue weighted by atomic mass is 10.1. The van der Waals surface area contributed by atoms with Crippen molar-refractivity contribution in [3.05, 3.63) is 78.4 Å². The van der Waals surface area contributed by atoms with Gasteiger partial charge in [-0.3, -0.25) is 4.79 Å². The molecule has 0 atom stereocenters. The van der Waals surface area contributed by atoms with Gasteiger partial charge < -0.3 is 19.3 Å². The number of amides is 1. The van der Waals surface area contributed by atoms with Gasteiger partial charge in [0, 0.05) is 22.8 Å². The van der Waals surface area contributed by atoms with Gasteiger partial charge in [-0.05, 0) is 30.3 Å². The molecule has 150 valence electrons. The largest absolute Gasteiger partial charge is 0.497 e. The smallest absolute Gasteiger partial charge is 0.258 e. The van der Waals surface area contributed by atoms with Crippen molar-refractivity contribution in [3.8, 4) is 34.3 Å². The van der Waals surface area contributed by atoms with E-state index in [4.69, 9.17) is 14.0 Å². The first-order valence-electron chi connectivity index (χ1n) is 9.21. The van der Waals surface area contributed by atoms with E-state index in [1.807, 2.05) is 36.4 Å². The van der Waals surface area contributed by atoms with Crippen molar-refractivity contribution in [1.29, 1.82) is 0 Å². The van der Waals surface area contributed by atoms with Crippen molar-refractivity contribution in [2.24, 2.45) is 0 Å². The highest BCUT2D eigenvalue weighted by atomic mass is 16.5. The average Bonchev–Trinajstić information content (AvgIpc) is 3.30. The lowest BCUT2D eigenvalue weighted by Crippen LogP contribution is -2.12. The third-order valence-corrected chi connectivity index (χ3v) is 4.49. The van der Waals surface area contributed by atoms with Gasteiger partial charge in [-0.1, -0.05) is 41.6 Å². The molecule has 1 aromatic heterocycles. The summed E-state index contributed by atoms with van der Waals surface area (Å²) in [5.74, 6) is 1.68. The molecule has 0 saturated carbocycles. The molecule has 0 aliphatic rings. The summed E-state index contributed by atoms with van der Waals surface area (Å²) >= 11 is 0. The second kappa shape index (κ2) is 8.48. The molecule has 4 rings (SSSR count). The summed E-state index contributed by atoms with van der Waals surface area (Å²) < 4.78 is 15.9. The molecule has 0 fully saturated rings. The molecule has 1 amide bonds. The van der Waals surface area contributed by atoms with Crippen LogP contribution in [0.3, 0.4) is 0 Å². The molecule has 0 spiro atoms. The number of ether oxygens (including phenoxy) is 2. The number of hydrogen-bond donors (Lipinski definition) is 1. The van der Waals surface area contributed by atoms with Crippen LogP contribution in [-0.2, 0) is 0 Å². The van der Waals surface area contributed by atoms with Gasteiger partial charge in [0.1, 0.15) is 11.5 Å². The summed E-state index contributed by atoms with van der Waals surface area (Å²) in [6, 6.07) is 21.7. The Balaban J connectivity index is 1.57. The van der Waals surface area contributed by atoms with Crippen LogP contribution in [0.1, 0.15) is 10.4 Å². The molecule has 0 radical (unpaired) electrons. The zero-order valence-corrected chi connectivity index (χ0v) is 16.5. The van der Waals surface area contributed by atoms with Gasteiger partial charge in [-0.15, -0.1) is 0 Å². The number of hydrogen-bond acceptors (Lipinski definition) is 6. The fourth-order valence-electron chi connectivity index (χ4n) is 2.93. The van der Waals surface area contributed by atoms with E-state index in [9.17, 15) is 4.79 Å². The van der Waals surface area contributed by atoms with E-state index in [1.165, 1.54) is 7.11 Å². The third kappa shape index (κ3) is 4.00. The summed E-state index contributed by atoms with van der Waals surface area (Å²) in [7, 11) is 3.10. The molecule has 0 aliphatic carbocycles. The second-order valence-electron chi connectivity index (χ2n) is 6.39. The summed E-state index contributed by atoms with van der Waals surface area (Å²) in [6.07, 6.45) is 0. The first-order valence-corrected chi connectivity index (χ1v) is 9.21. The minimum Gasteiger partial charge on any atom is -0.497 e. The molecule has 1 N–H and O–H groups in total. The highest BCUT2D eigenvalue weighted by Gasteiger charge is 2.15. The number of carbonyl (C=O) groups is 1. The van der Waals surface area contributed by atoms with Crippen LogP contribution in [0.5, 0.6) is 11.5 Å². The standard InChI is InChI=1S/C23H19N3O4/c1-28-18-11-12-19(20(14-18)29-2)24-22(27)16-9-6-10-17(13-16)23-25-21(26-30-23)15-7-4-3-5-8-15/h3-14H,1-2H3,(H,24,27). The minimum absolute atomic E-state index is 0.289. The van der Waals surface area contributed by atoms with Crippen LogP contribution < -0.4 is 14.8 Å². The molecule has 7 nitrogen and oxygen atoms in total. The Hall–Kier alpha value is -4.13. The molecule has 0 saturated heterocycles. The summed E-state index contributed by atoms with van der Waals surface area (Å²) in [5, 5.41) is 6.88. The number of benzene rings is 3. The molecule has 0 unspecified atom stereocenters. The minimum atomic E-state index is -0.289. The van der Waals surface area contributed by atoms with Gasteiger partial charge in [-0.25, -0.2) is 0 Å². The van der Waals surface area contributed by atoms with Gasteiger partial charge in [0.2, 0.25) is 5.82 Å². The fraction of sp³-hybridized carbons (Fsp3) is 0.0870. The normalized spacial score (nSPS) is 10.5. The van der Waals surface area contributed by atoms with E-state index in [2.05, 4.69) is 15.5 Å². The Morgan fingerprint density at radius 3 is 2.47 bits per heavy atom. The molecule has 0 bridgehead atoms. The number of nitrogens with zero attached hydrogens (tertiary/aromatic N) is 2. The third-order valence-electron chi connectivity index (χ3n) is 4.49. The second-order valence-corrected chi connectivity index (χ2v) is 6.39. The van der Waals surface area contributed by atoms with Crippen molar-refractivity contribution in [1.82, 2.24) is 10.1 Å². The highest BCUT2D eigenvalue weighted by molar-refractivity contribution is 6.05. The van der Waals surface area contributed by atoms with Crippen molar-refractivity contribution in [2.75, 3.05) is 19.5 Å². The zero-order valence-electron chi connectivity index (χ0n) is 16.5. The predicted molar refractivity (Wildman–Crippen MR) is 113 cm³/mol. The average molecular weight is 401 g/mol. The van der Waals surface area contributed by atoms with Crippen LogP contribution in [0.4, 0.5) is 5.69 Å². The SMILES string of the molecule is COc1ccc(NC(=O)c2cccc(-c3nc(-c4ccccc4)no3)c2)c(OC)c1. The maximum Gasteiger partial charge on any atom is 0.258 e. The topological polar surface area (TPSA) is 86.5 Å². The predicted octanol–water partition coefficient (Wildman–Crippen LogP) is 4.67. The van der Waals surface area contributed by atoms with Gasteiger partial charge in [0.15, 0.2) is 0 Å². The van der Waals surface area contributed by atoms with Gasteiger partial charge in [0.05, 0.1) is 19.9 Å². The Morgan fingerprint density at radius 1 is 0.900 bits per heavy atom. The van der Waals surface area contributed by atoms with E-state index < -0.39 is 0 Å². The molecule has 1 heterocycles. The Kier molecular flexibility index (Phi) is 5.43. The van der Waals surface area contributed by atoms with E-state index in [-0.39, 0.29) is 5.91 Å². The van der Waals surface area contributed by atoms with E-state index in [0.717, 1.165) is 5.56 Å². The van der Waals surface area contributed by atoms with Crippen LogP contribution in [-0.4, -0.2) is 30.3 Å². The number of carbonyl (C=O) groups excluding carboxylic acids is 1. The lowest BCUT2D eigenvalue weighted by molar-refractivity contribution is 0.102. The Bertz CT molecular complexity index is 1170. The van der Waals surface area contributed by atoms with Crippen LogP contribution in [0.15, 0.2) is 77.3 Å². The quantitative estimate of drug-likeness (QED) is 0.505. The Labute approximate surface area is 173 Å². The molecule has 30 heavy (non-hydrogen) atoms. The van der Waals surface area contributed by atoms with E-state index in [1.54, 1.807) is 43.5 Å². The summed E-state index contributed by atoms with van der Waals surface area (Å²) in [5.41, 5.74) is 2.50. The van der Waals surface area contributed by atoms with E-state index in [0.29, 0.717) is 40.0 Å². The van der Waals surface area contributed by atoms with Crippen LogP contribution in [0.2, 0.25) is 0 Å². The first-order chi connectivity index (χ1) is 14.7. The maximum absolute atomic E-state index is 12.8. The molecular formula is C23H19N3O4. The summed E-state index contributed by atoms with van der Waals surface area (Å²) in [4.78, 5) is 17.2.